The van der Waals surface area contributed by atoms with Crippen LogP contribution in [0, 0.1) is 13.8 Å². The summed E-state index contributed by atoms with van der Waals surface area (Å²) in [4.78, 5) is 28.6. The van der Waals surface area contributed by atoms with Crippen molar-refractivity contribution < 1.29 is 14.3 Å². The number of rotatable bonds is 5. The first kappa shape index (κ1) is 18.2. The van der Waals surface area contributed by atoms with Gasteiger partial charge in [-0.3, -0.25) is 4.79 Å². The van der Waals surface area contributed by atoms with E-state index in [2.05, 4.69) is 10.3 Å². The Labute approximate surface area is 154 Å². The van der Waals surface area contributed by atoms with Crippen molar-refractivity contribution in [2.24, 2.45) is 0 Å². The molecule has 2 aromatic rings. The number of aryl methyl sites for hydroxylation is 2. The summed E-state index contributed by atoms with van der Waals surface area (Å²) in [5, 5.41) is 3.54. The van der Waals surface area contributed by atoms with E-state index in [9.17, 15) is 9.59 Å². The maximum Gasteiger partial charge on any atom is 0.340 e. The Morgan fingerprint density at radius 2 is 1.69 bits per heavy atom. The largest absolute Gasteiger partial charge is 0.465 e. The molecule has 0 spiro atoms. The molecule has 0 unspecified atom stereocenters. The summed E-state index contributed by atoms with van der Waals surface area (Å²) in [5.41, 5.74) is 3.47. The van der Waals surface area contributed by atoms with Gasteiger partial charge in [0.25, 0.3) is 0 Å². The summed E-state index contributed by atoms with van der Waals surface area (Å²) in [6, 6.07) is 7.93. The molecular weight excluding hydrogens is 328 g/mol. The average molecular weight is 354 g/mol. The van der Waals surface area contributed by atoms with Crippen LogP contribution >= 0.6 is 0 Å². The van der Waals surface area contributed by atoms with Crippen LogP contribution in [-0.4, -0.2) is 29.9 Å². The highest BCUT2D eigenvalue weighted by Gasteiger charge is 2.27. The fourth-order valence-corrected chi connectivity index (χ4v) is 3.83. The van der Waals surface area contributed by atoms with Crippen molar-refractivity contribution in [3.63, 3.8) is 0 Å². The molecule has 0 amide bonds. The number of carbonyl (C=O) groups is 2. The van der Waals surface area contributed by atoms with Crippen molar-refractivity contribution >= 4 is 17.4 Å². The van der Waals surface area contributed by atoms with Gasteiger partial charge in [0.05, 0.1) is 18.2 Å². The van der Waals surface area contributed by atoms with Crippen molar-refractivity contribution in [2.75, 3.05) is 12.4 Å². The number of para-hydroxylation sites is 1. The smallest absolute Gasteiger partial charge is 0.340 e. The number of aromatic amines is 1. The van der Waals surface area contributed by atoms with Crippen LogP contribution in [0.4, 0.5) is 5.69 Å². The molecule has 138 valence electrons. The topological polar surface area (TPSA) is 71.2 Å². The SMILES string of the molecule is COC(=O)c1c(C)[nH]c(C)c1C(=O)c1ccccc1NC1CCCCC1. The van der Waals surface area contributed by atoms with Gasteiger partial charge in [0.15, 0.2) is 5.78 Å². The summed E-state index contributed by atoms with van der Waals surface area (Å²) in [6.07, 6.45) is 5.96. The van der Waals surface area contributed by atoms with Crippen molar-refractivity contribution in [2.45, 2.75) is 52.0 Å². The standard InChI is InChI=1S/C21H26N2O3/c1-13-18(19(14(2)22-13)21(25)26-3)20(24)16-11-7-8-12-17(16)23-15-9-5-4-6-10-15/h7-8,11-12,15,22-23H,4-6,9-10H2,1-3H3. The zero-order valence-electron chi connectivity index (χ0n) is 15.6. The van der Waals surface area contributed by atoms with Gasteiger partial charge in [0, 0.05) is 28.7 Å². The van der Waals surface area contributed by atoms with Crippen LogP contribution in [0.5, 0.6) is 0 Å². The Balaban J connectivity index is 1.97. The number of methoxy groups -OCH3 is 1. The van der Waals surface area contributed by atoms with Crippen LogP contribution < -0.4 is 5.32 Å². The molecule has 1 saturated carbocycles. The minimum Gasteiger partial charge on any atom is -0.465 e. The first-order chi connectivity index (χ1) is 12.5. The monoisotopic (exact) mass is 354 g/mol. The number of ketones is 1. The van der Waals surface area contributed by atoms with Gasteiger partial charge in [-0.2, -0.15) is 0 Å². The second-order valence-corrected chi connectivity index (χ2v) is 6.97. The van der Waals surface area contributed by atoms with E-state index in [1.165, 1.54) is 26.4 Å². The van der Waals surface area contributed by atoms with Gasteiger partial charge < -0.3 is 15.0 Å². The molecule has 1 aliphatic rings. The first-order valence-corrected chi connectivity index (χ1v) is 9.20. The lowest BCUT2D eigenvalue weighted by atomic mass is 9.93. The van der Waals surface area contributed by atoms with E-state index < -0.39 is 5.97 Å². The average Bonchev–Trinajstić information content (AvgIpc) is 2.95. The fourth-order valence-electron chi connectivity index (χ4n) is 3.83. The summed E-state index contributed by atoms with van der Waals surface area (Å²) >= 11 is 0. The number of carbonyl (C=O) groups excluding carboxylic acids is 2. The molecule has 1 fully saturated rings. The highest BCUT2D eigenvalue weighted by atomic mass is 16.5. The molecule has 1 aromatic carbocycles. The Bertz CT molecular complexity index is 817. The van der Waals surface area contributed by atoms with Crippen molar-refractivity contribution in [1.82, 2.24) is 4.98 Å². The third-order valence-electron chi connectivity index (χ3n) is 5.13. The minimum atomic E-state index is -0.493. The Morgan fingerprint density at radius 1 is 1.04 bits per heavy atom. The van der Waals surface area contributed by atoms with Crippen LogP contribution in [0.3, 0.4) is 0 Å². The summed E-state index contributed by atoms with van der Waals surface area (Å²) in [7, 11) is 1.33. The number of H-pyrrole nitrogens is 1. The van der Waals surface area contributed by atoms with E-state index in [-0.39, 0.29) is 5.78 Å². The van der Waals surface area contributed by atoms with Gasteiger partial charge in [-0.15, -0.1) is 0 Å². The van der Waals surface area contributed by atoms with Gasteiger partial charge in [0.1, 0.15) is 0 Å². The van der Waals surface area contributed by atoms with Gasteiger partial charge >= 0.3 is 5.97 Å². The second kappa shape index (κ2) is 7.77. The van der Waals surface area contributed by atoms with E-state index >= 15 is 0 Å². The van der Waals surface area contributed by atoms with Gasteiger partial charge in [-0.05, 0) is 38.8 Å². The summed E-state index contributed by atoms with van der Waals surface area (Å²) < 4.78 is 4.88. The molecule has 0 saturated heterocycles. The number of esters is 1. The molecular formula is C21H26N2O3. The second-order valence-electron chi connectivity index (χ2n) is 6.97. The van der Waals surface area contributed by atoms with E-state index in [1.54, 1.807) is 6.92 Å². The molecule has 26 heavy (non-hydrogen) atoms. The molecule has 2 N–H and O–H groups in total. The lowest BCUT2D eigenvalue weighted by Gasteiger charge is -2.25. The third kappa shape index (κ3) is 3.52. The number of aromatic nitrogens is 1. The molecule has 5 nitrogen and oxygen atoms in total. The lowest BCUT2D eigenvalue weighted by molar-refractivity contribution is 0.0597. The number of benzene rings is 1. The predicted molar refractivity (Wildman–Crippen MR) is 102 cm³/mol. The Hall–Kier alpha value is -2.56. The normalized spacial score (nSPS) is 14.9. The number of nitrogens with one attached hydrogen (secondary N) is 2. The summed E-state index contributed by atoms with van der Waals surface area (Å²) in [6.45, 7) is 3.59. The van der Waals surface area contributed by atoms with Crippen LogP contribution in [0.2, 0.25) is 0 Å². The van der Waals surface area contributed by atoms with Crippen LogP contribution in [0.1, 0.15) is 69.8 Å². The molecule has 3 rings (SSSR count). The number of hydrogen-bond acceptors (Lipinski definition) is 4. The maximum absolute atomic E-state index is 13.3. The van der Waals surface area contributed by atoms with Gasteiger partial charge in [0.2, 0.25) is 0 Å². The molecule has 0 bridgehead atoms. The molecule has 0 atom stereocenters. The van der Waals surface area contributed by atoms with Crippen molar-refractivity contribution in [3.8, 4) is 0 Å². The van der Waals surface area contributed by atoms with E-state index in [0.29, 0.717) is 34.1 Å². The van der Waals surface area contributed by atoms with E-state index in [4.69, 9.17) is 4.74 Å². The summed E-state index contributed by atoms with van der Waals surface area (Å²) in [5.74, 6) is -0.654. The van der Waals surface area contributed by atoms with Gasteiger partial charge in [-0.1, -0.05) is 31.4 Å². The lowest BCUT2D eigenvalue weighted by Crippen LogP contribution is -2.23. The molecule has 0 radical (unpaired) electrons. The van der Waals surface area contributed by atoms with Crippen molar-refractivity contribution in [3.05, 3.63) is 52.3 Å². The van der Waals surface area contributed by atoms with Crippen LogP contribution in [0.15, 0.2) is 24.3 Å². The van der Waals surface area contributed by atoms with Gasteiger partial charge in [-0.25, -0.2) is 4.79 Å². The van der Waals surface area contributed by atoms with Crippen LogP contribution in [-0.2, 0) is 4.74 Å². The first-order valence-electron chi connectivity index (χ1n) is 9.20. The van der Waals surface area contributed by atoms with E-state index in [1.807, 2.05) is 31.2 Å². The van der Waals surface area contributed by atoms with Crippen LogP contribution in [0.25, 0.3) is 0 Å². The highest BCUT2D eigenvalue weighted by Crippen LogP contribution is 2.28. The zero-order valence-corrected chi connectivity index (χ0v) is 15.6. The minimum absolute atomic E-state index is 0.161. The fraction of sp³-hybridized carbons (Fsp3) is 0.429. The van der Waals surface area contributed by atoms with E-state index in [0.717, 1.165) is 18.5 Å². The molecule has 1 aliphatic carbocycles. The predicted octanol–water partition coefficient (Wildman–Crippen LogP) is 4.39. The zero-order chi connectivity index (χ0) is 18.7. The number of hydrogen-bond donors (Lipinski definition) is 2. The Morgan fingerprint density at radius 3 is 2.38 bits per heavy atom. The molecule has 1 aromatic heterocycles. The maximum atomic E-state index is 13.3. The van der Waals surface area contributed by atoms with Crippen molar-refractivity contribution in [1.29, 1.82) is 0 Å². The number of ether oxygens (including phenoxy) is 1. The molecule has 1 heterocycles. The molecule has 0 aliphatic heterocycles. The highest BCUT2D eigenvalue weighted by molar-refractivity contribution is 6.18. The Kier molecular flexibility index (Phi) is 5.45. The number of anilines is 1. The third-order valence-corrected chi connectivity index (χ3v) is 5.13. The molecule has 5 heteroatoms. The quantitative estimate of drug-likeness (QED) is 0.617.